The van der Waals surface area contributed by atoms with Gasteiger partial charge in [0.05, 0.1) is 16.9 Å². The van der Waals surface area contributed by atoms with Crippen LogP contribution in [0.15, 0.2) is 40.9 Å². The number of anilines is 2. The summed E-state index contributed by atoms with van der Waals surface area (Å²) in [4.78, 5) is 16.9. The Labute approximate surface area is 152 Å². The van der Waals surface area contributed by atoms with Gasteiger partial charge in [-0.3, -0.25) is 9.48 Å². The molecule has 4 rings (SSSR count). The van der Waals surface area contributed by atoms with Crippen LogP contribution >= 0.6 is 15.9 Å². The summed E-state index contributed by atoms with van der Waals surface area (Å²) in [5, 5.41) is 5.22. The molecule has 0 atom stereocenters. The molecule has 2 aromatic carbocycles. The normalized spacial score (nSPS) is 14.1. The Kier molecular flexibility index (Phi) is 3.76. The van der Waals surface area contributed by atoms with Crippen molar-refractivity contribution in [3.05, 3.63) is 52.4 Å². The van der Waals surface area contributed by atoms with Crippen LogP contribution in [-0.2, 0) is 7.05 Å². The number of fused-ring (bicyclic) bond motifs is 2. The third-order valence-electron chi connectivity index (χ3n) is 4.54. The Morgan fingerprint density at radius 3 is 2.72 bits per heavy atom. The second kappa shape index (κ2) is 5.84. The van der Waals surface area contributed by atoms with Gasteiger partial charge < -0.3 is 9.80 Å². The molecule has 7 heteroatoms. The summed E-state index contributed by atoms with van der Waals surface area (Å²) in [7, 11) is 3.69. The van der Waals surface area contributed by atoms with E-state index in [9.17, 15) is 9.18 Å². The summed E-state index contributed by atoms with van der Waals surface area (Å²) in [6.45, 7) is 1.18. The lowest BCUT2D eigenvalue weighted by atomic mass is 10.1. The maximum absolute atomic E-state index is 13.8. The van der Waals surface area contributed by atoms with Crippen LogP contribution in [0.25, 0.3) is 10.9 Å². The molecule has 0 N–H and O–H groups in total. The van der Waals surface area contributed by atoms with E-state index in [1.165, 1.54) is 12.1 Å². The summed E-state index contributed by atoms with van der Waals surface area (Å²) >= 11 is 3.42. The number of carbonyl (C=O) groups is 1. The minimum absolute atomic E-state index is 0.174. The van der Waals surface area contributed by atoms with Crippen LogP contribution in [0.5, 0.6) is 0 Å². The highest BCUT2D eigenvalue weighted by atomic mass is 79.9. The summed E-state index contributed by atoms with van der Waals surface area (Å²) < 4.78 is 16.3. The van der Waals surface area contributed by atoms with Crippen LogP contribution in [0.2, 0.25) is 0 Å². The Hall–Kier alpha value is -2.41. The first-order valence-electron chi connectivity index (χ1n) is 7.90. The van der Waals surface area contributed by atoms with E-state index in [2.05, 4.69) is 21.0 Å². The first-order valence-corrected chi connectivity index (χ1v) is 8.70. The summed E-state index contributed by atoms with van der Waals surface area (Å²) in [6.07, 6.45) is 0. The number of benzene rings is 2. The molecule has 0 spiro atoms. The SMILES string of the molecule is CN1CCN(C(=O)c2c3ccc(Br)cc3nn2C)c2cc(F)ccc21. The molecule has 1 aliphatic heterocycles. The van der Waals surface area contributed by atoms with E-state index in [4.69, 9.17) is 0 Å². The van der Waals surface area contributed by atoms with Gasteiger partial charge in [0.25, 0.3) is 5.91 Å². The molecule has 0 bridgehead atoms. The van der Waals surface area contributed by atoms with E-state index in [0.717, 1.165) is 21.1 Å². The van der Waals surface area contributed by atoms with E-state index in [-0.39, 0.29) is 11.7 Å². The van der Waals surface area contributed by atoms with Crippen LogP contribution in [0, 0.1) is 5.82 Å². The molecule has 2 heterocycles. The molecule has 128 valence electrons. The fraction of sp³-hybridized carbons (Fsp3) is 0.222. The number of rotatable bonds is 1. The van der Waals surface area contributed by atoms with E-state index in [1.807, 2.05) is 30.1 Å². The molecule has 1 aliphatic rings. The Morgan fingerprint density at radius 1 is 1.12 bits per heavy atom. The molecule has 1 aromatic heterocycles. The minimum atomic E-state index is -0.356. The molecule has 5 nitrogen and oxygen atoms in total. The highest BCUT2D eigenvalue weighted by molar-refractivity contribution is 9.10. The van der Waals surface area contributed by atoms with E-state index < -0.39 is 0 Å². The maximum atomic E-state index is 13.8. The third-order valence-corrected chi connectivity index (χ3v) is 5.04. The van der Waals surface area contributed by atoms with Crippen molar-refractivity contribution in [2.45, 2.75) is 0 Å². The number of carbonyl (C=O) groups excluding carboxylic acids is 1. The van der Waals surface area contributed by atoms with Gasteiger partial charge in [-0.25, -0.2) is 4.39 Å². The first kappa shape index (κ1) is 16.1. The van der Waals surface area contributed by atoms with Gasteiger partial charge in [-0.1, -0.05) is 15.9 Å². The van der Waals surface area contributed by atoms with Crippen molar-refractivity contribution in [3.63, 3.8) is 0 Å². The first-order chi connectivity index (χ1) is 12.0. The van der Waals surface area contributed by atoms with Gasteiger partial charge in [-0.05, 0) is 36.4 Å². The monoisotopic (exact) mass is 402 g/mol. The van der Waals surface area contributed by atoms with E-state index in [0.29, 0.717) is 24.5 Å². The summed E-state index contributed by atoms with van der Waals surface area (Å²) in [5.41, 5.74) is 2.68. The zero-order valence-corrected chi connectivity index (χ0v) is 15.4. The van der Waals surface area contributed by atoms with Gasteiger partial charge in [0.2, 0.25) is 0 Å². The Balaban J connectivity index is 1.84. The summed E-state index contributed by atoms with van der Waals surface area (Å²) in [5.74, 6) is -0.530. The van der Waals surface area contributed by atoms with Crippen molar-refractivity contribution < 1.29 is 9.18 Å². The van der Waals surface area contributed by atoms with Crippen molar-refractivity contribution >= 4 is 44.1 Å². The van der Waals surface area contributed by atoms with Gasteiger partial charge in [0, 0.05) is 37.0 Å². The zero-order valence-electron chi connectivity index (χ0n) is 13.8. The molecule has 1 amide bonds. The van der Waals surface area contributed by atoms with Gasteiger partial charge in [0.15, 0.2) is 0 Å². The lowest BCUT2D eigenvalue weighted by Gasteiger charge is -2.35. The van der Waals surface area contributed by atoms with Crippen molar-refractivity contribution in [2.75, 3.05) is 29.9 Å². The topological polar surface area (TPSA) is 41.4 Å². The minimum Gasteiger partial charge on any atom is -0.371 e. The fourth-order valence-corrected chi connectivity index (χ4v) is 3.64. The van der Waals surface area contributed by atoms with Crippen LogP contribution in [0.1, 0.15) is 10.5 Å². The van der Waals surface area contributed by atoms with Crippen molar-refractivity contribution in [1.82, 2.24) is 9.78 Å². The lowest BCUT2D eigenvalue weighted by molar-refractivity contribution is 0.0979. The van der Waals surface area contributed by atoms with Crippen LogP contribution < -0.4 is 9.80 Å². The number of hydrogen-bond acceptors (Lipinski definition) is 3. The van der Waals surface area contributed by atoms with Gasteiger partial charge in [-0.2, -0.15) is 5.10 Å². The highest BCUT2D eigenvalue weighted by Gasteiger charge is 2.29. The number of nitrogens with zero attached hydrogens (tertiary/aromatic N) is 4. The van der Waals surface area contributed by atoms with Crippen molar-refractivity contribution in [3.8, 4) is 0 Å². The second-order valence-corrected chi connectivity index (χ2v) is 7.06. The van der Waals surface area contributed by atoms with Crippen LogP contribution in [-0.4, -0.2) is 35.8 Å². The number of aromatic nitrogens is 2. The molecule has 3 aromatic rings. The molecule has 0 radical (unpaired) electrons. The van der Waals surface area contributed by atoms with Crippen LogP contribution in [0.4, 0.5) is 15.8 Å². The summed E-state index contributed by atoms with van der Waals surface area (Å²) in [6, 6.07) is 10.2. The lowest BCUT2D eigenvalue weighted by Crippen LogP contribution is -2.43. The largest absolute Gasteiger partial charge is 0.371 e. The van der Waals surface area contributed by atoms with Crippen molar-refractivity contribution in [1.29, 1.82) is 0 Å². The van der Waals surface area contributed by atoms with Gasteiger partial charge in [-0.15, -0.1) is 0 Å². The molecule has 0 aliphatic carbocycles. The number of amides is 1. The quantitative estimate of drug-likeness (QED) is 0.624. The number of aryl methyl sites for hydroxylation is 1. The fourth-order valence-electron chi connectivity index (χ4n) is 3.29. The number of halogens is 2. The van der Waals surface area contributed by atoms with Crippen molar-refractivity contribution in [2.24, 2.45) is 7.05 Å². The molecular weight excluding hydrogens is 387 g/mol. The highest BCUT2D eigenvalue weighted by Crippen LogP contribution is 2.34. The average Bonchev–Trinajstić information content (AvgIpc) is 2.89. The number of likely N-dealkylation sites (N-methyl/N-ethyl adjacent to an activating group) is 1. The Morgan fingerprint density at radius 2 is 1.92 bits per heavy atom. The zero-order chi connectivity index (χ0) is 17.7. The molecular formula is C18H16BrFN4O. The van der Waals surface area contributed by atoms with E-state index in [1.54, 1.807) is 22.7 Å². The van der Waals surface area contributed by atoms with Gasteiger partial charge in [0.1, 0.15) is 11.5 Å². The van der Waals surface area contributed by atoms with E-state index >= 15 is 0 Å². The molecule has 0 unspecified atom stereocenters. The molecule has 0 fully saturated rings. The second-order valence-electron chi connectivity index (χ2n) is 6.15. The standard InChI is InChI=1S/C18H16BrFN4O/c1-22-7-8-24(16-10-12(20)4-6-15(16)22)18(25)17-13-5-3-11(19)9-14(13)21-23(17)2/h3-6,9-10H,7-8H2,1-2H3. The predicted molar refractivity (Wildman–Crippen MR) is 99.8 cm³/mol. The van der Waals surface area contributed by atoms with Gasteiger partial charge >= 0.3 is 0 Å². The molecule has 0 saturated carbocycles. The third kappa shape index (κ3) is 2.59. The van der Waals surface area contributed by atoms with Crippen LogP contribution in [0.3, 0.4) is 0 Å². The maximum Gasteiger partial charge on any atom is 0.277 e. The average molecular weight is 403 g/mol. The molecule has 25 heavy (non-hydrogen) atoms. The number of hydrogen-bond donors (Lipinski definition) is 0. The smallest absolute Gasteiger partial charge is 0.277 e. The molecule has 0 saturated heterocycles. The Bertz CT molecular complexity index is 1000. The predicted octanol–water partition coefficient (Wildman–Crippen LogP) is 3.57.